The predicted molar refractivity (Wildman–Crippen MR) is 74.4 cm³/mol. The van der Waals surface area contributed by atoms with Crippen molar-refractivity contribution < 1.29 is 4.42 Å². The molecule has 7 heteroatoms. The second kappa shape index (κ2) is 4.93. The highest BCUT2D eigenvalue weighted by molar-refractivity contribution is 5.70. The van der Waals surface area contributed by atoms with Gasteiger partial charge in [0, 0.05) is 18.7 Å². The maximum atomic E-state index is 11.9. The number of imidazole rings is 1. The summed E-state index contributed by atoms with van der Waals surface area (Å²) in [6.45, 7) is 1.32. The average molecular weight is 273 g/mol. The fourth-order valence-electron chi connectivity index (χ4n) is 1.98. The molecule has 1 N–H and O–H groups in total. The van der Waals surface area contributed by atoms with Gasteiger partial charge in [0.1, 0.15) is 0 Å². The Bertz CT molecular complexity index is 770. The first-order valence-electron chi connectivity index (χ1n) is 6.28. The van der Waals surface area contributed by atoms with Gasteiger partial charge in [0.15, 0.2) is 11.3 Å². The predicted octanol–water partition coefficient (Wildman–Crippen LogP) is 0.941. The molecule has 0 aliphatic carbocycles. The summed E-state index contributed by atoms with van der Waals surface area (Å²) >= 11 is 0. The molecule has 3 rings (SSSR count). The van der Waals surface area contributed by atoms with Crippen molar-refractivity contribution in [2.45, 2.75) is 6.54 Å². The number of hydrogen-bond donors (Lipinski definition) is 1. The van der Waals surface area contributed by atoms with Crippen molar-refractivity contribution >= 4 is 11.3 Å². The van der Waals surface area contributed by atoms with E-state index in [1.54, 1.807) is 23.3 Å². The molecule has 0 bridgehead atoms. The van der Waals surface area contributed by atoms with Gasteiger partial charge in [0.25, 0.3) is 0 Å². The molecule has 0 atom stereocenters. The summed E-state index contributed by atoms with van der Waals surface area (Å²) in [7, 11) is 3.92. The lowest BCUT2D eigenvalue weighted by Crippen LogP contribution is -2.25. The Labute approximate surface area is 114 Å². The van der Waals surface area contributed by atoms with Gasteiger partial charge >= 0.3 is 5.69 Å². The molecule has 7 nitrogen and oxygen atoms in total. The molecular formula is C13H15N5O2. The van der Waals surface area contributed by atoms with Crippen LogP contribution in [0, 0.1) is 0 Å². The van der Waals surface area contributed by atoms with Gasteiger partial charge in [-0.2, -0.15) is 0 Å². The molecule has 0 saturated carbocycles. The first kappa shape index (κ1) is 12.6. The fraction of sp³-hybridized carbons (Fsp3) is 0.308. The number of fused-ring (bicyclic) bond motifs is 1. The van der Waals surface area contributed by atoms with Crippen LogP contribution < -0.4 is 5.69 Å². The van der Waals surface area contributed by atoms with E-state index in [4.69, 9.17) is 4.42 Å². The lowest BCUT2D eigenvalue weighted by atomic mass is 10.2. The molecule has 0 aliphatic rings. The van der Waals surface area contributed by atoms with E-state index in [1.807, 2.05) is 25.1 Å². The Morgan fingerprint density at radius 2 is 2.30 bits per heavy atom. The van der Waals surface area contributed by atoms with Crippen LogP contribution in [0.2, 0.25) is 0 Å². The highest BCUT2D eigenvalue weighted by Gasteiger charge is 2.11. The zero-order valence-electron chi connectivity index (χ0n) is 11.3. The molecule has 3 aromatic heterocycles. The Morgan fingerprint density at radius 1 is 1.45 bits per heavy atom. The lowest BCUT2D eigenvalue weighted by molar-refractivity contribution is 0.383. The summed E-state index contributed by atoms with van der Waals surface area (Å²) in [5.74, 6) is 0. The summed E-state index contributed by atoms with van der Waals surface area (Å²) < 4.78 is 6.65. The van der Waals surface area contributed by atoms with Crippen LogP contribution in [0.1, 0.15) is 0 Å². The molecule has 0 aliphatic heterocycles. The molecule has 0 unspecified atom stereocenters. The smallest absolute Gasteiger partial charge is 0.328 e. The summed E-state index contributed by atoms with van der Waals surface area (Å²) in [5.41, 5.74) is 2.40. The summed E-state index contributed by atoms with van der Waals surface area (Å²) in [6, 6.07) is 1.81. The van der Waals surface area contributed by atoms with E-state index < -0.39 is 0 Å². The van der Waals surface area contributed by atoms with Gasteiger partial charge in [0.05, 0.1) is 24.4 Å². The molecule has 0 fully saturated rings. The maximum absolute atomic E-state index is 11.9. The zero-order valence-corrected chi connectivity index (χ0v) is 11.3. The Balaban J connectivity index is 2.07. The standard InChI is InChI=1S/C13H15N5O2/c1-17(2)4-5-18-12-11(16-13(18)19)14-7-10(15-12)9-3-6-20-8-9/h3,6-8H,4-5H2,1-2H3,(H,14,16,19). The molecule has 0 aromatic carbocycles. The minimum atomic E-state index is -0.189. The first-order valence-corrected chi connectivity index (χ1v) is 6.28. The van der Waals surface area contributed by atoms with Crippen molar-refractivity contribution in [1.82, 2.24) is 24.4 Å². The Kier molecular flexibility index (Phi) is 3.11. The number of aromatic amines is 1. The third kappa shape index (κ3) is 2.23. The number of nitrogens with zero attached hydrogens (tertiary/aromatic N) is 4. The topological polar surface area (TPSA) is 80.0 Å². The Hall–Kier alpha value is -2.41. The molecule has 104 valence electrons. The van der Waals surface area contributed by atoms with Crippen molar-refractivity contribution in [3.05, 3.63) is 35.3 Å². The number of hydrogen-bond acceptors (Lipinski definition) is 5. The van der Waals surface area contributed by atoms with Crippen molar-refractivity contribution in [3.63, 3.8) is 0 Å². The first-order chi connectivity index (χ1) is 9.65. The average Bonchev–Trinajstić information content (AvgIpc) is 3.02. The van der Waals surface area contributed by atoms with Gasteiger partial charge in [-0.25, -0.2) is 14.8 Å². The van der Waals surface area contributed by atoms with Gasteiger partial charge in [-0.05, 0) is 20.2 Å². The van der Waals surface area contributed by atoms with Crippen LogP contribution in [0.25, 0.3) is 22.6 Å². The zero-order chi connectivity index (χ0) is 14.1. The molecule has 3 heterocycles. The fourth-order valence-corrected chi connectivity index (χ4v) is 1.98. The highest BCUT2D eigenvalue weighted by atomic mass is 16.3. The van der Waals surface area contributed by atoms with Gasteiger partial charge in [-0.1, -0.05) is 0 Å². The van der Waals surface area contributed by atoms with E-state index in [-0.39, 0.29) is 5.69 Å². The third-order valence-corrected chi connectivity index (χ3v) is 3.07. The van der Waals surface area contributed by atoms with Crippen LogP contribution in [0.4, 0.5) is 0 Å². The molecule has 0 spiro atoms. The SMILES string of the molecule is CN(C)CCn1c(=O)[nH]c2ncc(-c3ccoc3)nc21. The van der Waals surface area contributed by atoms with E-state index in [0.717, 1.165) is 12.1 Å². The van der Waals surface area contributed by atoms with Crippen LogP contribution in [0.15, 0.2) is 34.0 Å². The molecule has 0 amide bonds. The van der Waals surface area contributed by atoms with Crippen LogP contribution in [-0.2, 0) is 6.54 Å². The second-order valence-electron chi connectivity index (χ2n) is 4.82. The summed E-state index contributed by atoms with van der Waals surface area (Å²) in [5, 5.41) is 0. The van der Waals surface area contributed by atoms with E-state index in [1.165, 1.54) is 0 Å². The molecule has 3 aromatic rings. The van der Waals surface area contributed by atoms with Gasteiger partial charge in [0.2, 0.25) is 0 Å². The second-order valence-corrected chi connectivity index (χ2v) is 4.82. The summed E-state index contributed by atoms with van der Waals surface area (Å²) in [4.78, 5) is 25.4. The van der Waals surface area contributed by atoms with Gasteiger partial charge in [-0.3, -0.25) is 9.55 Å². The minimum absolute atomic E-state index is 0.189. The van der Waals surface area contributed by atoms with Crippen LogP contribution in [0.5, 0.6) is 0 Å². The molecular weight excluding hydrogens is 258 g/mol. The monoisotopic (exact) mass is 273 g/mol. The molecule has 0 radical (unpaired) electrons. The highest BCUT2D eigenvalue weighted by Crippen LogP contribution is 2.18. The minimum Gasteiger partial charge on any atom is -0.472 e. The number of furan rings is 1. The van der Waals surface area contributed by atoms with Crippen molar-refractivity contribution in [2.75, 3.05) is 20.6 Å². The Morgan fingerprint density at radius 3 is 3.00 bits per heavy atom. The van der Waals surface area contributed by atoms with Crippen LogP contribution in [0.3, 0.4) is 0 Å². The quantitative estimate of drug-likeness (QED) is 0.765. The van der Waals surface area contributed by atoms with E-state index in [0.29, 0.717) is 23.5 Å². The van der Waals surface area contributed by atoms with E-state index in [2.05, 4.69) is 15.0 Å². The third-order valence-electron chi connectivity index (χ3n) is 3.07. The number of nitrogens with one attached hydrogen (secondary N) is 1. The number of H-pyrrole nitrogens is 1. The van der Waals surface area contributed by atoms with Gasteiger partial charge < -0.3 is 9.32 Å². The van der Waals surface area contributed by atoms with E-state index >= 15 is 0 Å². The molecule has 20 heavy (non-hydrogen) atoms. The molecule has 0 saturated heterocycles. The van der Waals surface area contributed by atoms with Crippen molar-refractivity contribution in [3.8, 4) is 11.3 Å². The normalized spacial score (nSPS) is 11.6. The number of likely N-dealkylation sites (N-methyl/N-ethyl adjacent to an activating group) is 1. The van der Waals surface area contributed by atoms with E-state index in [9.17, 15) is 4.79 Å². The maximum Gasteiger partial charge on any atom is 0.328 e. The van der Waals surface area contributed by atoms with Crippen molar-refractivity contribution in [2.24, 2.45) is 0 Å². The van der Waals surface area contributed by atoms with Crippen LogP contribution in [-0.4, -0.2) is 45.1 Å². The number of rotatable bonds is 4. The summed E-state index contributed by atoms with van der Waals surface area (Å²) in [6.07, 6.45) is 4.81. The lowest BCUT2D eigenvalue weighted by Gasteiger charge is -2.09. The van der Waals surface area contributed by atoms with Crippen LogP contribution >= 0.6 is 0 Å². The number of aromatic nitrogens is 4. The largest absolute Gasteiger partial charge is 0.472 e. The van der Waals surface area contributed by atoms with Gasteiger partial charge in [-0.15, -0.1) is 0 Å². The van der Waals surface area contributed by atoms with Crippen molar-refractivity contribution in [1.29, 1.82) is 0 Å².